The highest BCUT2D eigenvalue weighted by molar-refractivity contribution is 7.89. The summed E-state index contributed by atoms with van der Waals surface area (Å²) in [6.45, 7) is 7.91. The first-order chi connectivity index (χ1) is 13.6. The van der Waals surface area contributed by atoms with Crippen molar-refractivity contribution in [2.24, 2.45) is 13.0 Å². The van der Waals surface area contributed by atoms with Crippen LogP contribution in [0.3, 0.4) is 0 Å². The summed E-state index contributed by atoms with van der Waals surface area (Å²) in [7, 11) is -1.97. The van der Waals surface area contributed by atoms with Crippen molar-refractivity contribution in [2.75, 3.05) is 13.1 Å². The smallest absolute Gasteiger partial charge is 0.246 e. The second-order valence-corrected chi connectivity index (χ2v) is 9.76. The molecule has 0 radical (unpaired) electrons. The lowest BCUT2D eigenvalue weighted by Crippen LogP contribution is -2.42. The van der Waals surface area contributed by atoms with Crippen LogP contribution in [0.25, 0.3) is 0 Å². The third-order valence-electron chi connectivity index (χ3n) is 5.29. The number of nitrogens with zero attached hydrogens (tertiary/aromatic N) is 3. The largest absolute Gasteiger partial charge is 0.491 e. The standard InChI is InChI=1S/C21H29N3O4S/c1-14(2)28-19-10-6-8-17(12-19)20(25)18-9-7-11-24(13-18)29(26,27)21-15(3)22-23(5)16(21)4/h6,8,10,12,14,18H,7,9,11,13H2,1-5H3. The zero-order chi connectivity index (χ0) is 21.3. The van der Waals surface area contributed by atoms with Crippen LogP contribution in [0.2, 0.25) is 0 Å². The molecule has 158 valence electrons. The number of sulfonamides is 1. The molecule has 0 saturated carbocycles. The lowest BCUT2D eigenvalue weighted by Gasteiger charge is -2.31. The maximum atomic E-state index is 13.3. The van der Waals surface area contributed by atoms with E-state index in [0.717, 1.165) is 0 Å². The van der Waals surface area contributed by atoms with Gasteiger partial charge in [-0.3, -0.25) is 9.48 Å². The van der Waals surface area contributed by atoms with E-state index >= 15 is 0 Å². The number of aryl methyl sites for hydroxylation is 2. The van der Waals surface area contributed by atoms with Gasteiger partial charge in [0.1, 0.15) is 10.6 Å². The normalized spacial score (nSPS) is 18.2. The van der Waals surface area contributed by atoms with Crippen molar-refractivity contribution in [1.82, 2.24) is 14.1 Å². The number of ketones is 1. The molecule has 0 aliphatic carbocycles. The quantitative estimate of drug-likeness (QED) is 0.672. The summed E-state index contributed by atoms with van der Waals surface area (Å²) in [4.78, 5) is 13.3. The fraction of sp³-hybridized carbons (Fsp3) is 0.524. The Morgan fingerprint density at radius 3 is 2.62 bits per heavy atom. The number of hydrogen-bond acceptors (Lipinski definition) is 5. The predicted octanol–water partition coefficient (Wildman–Crippen LogP) is 3.11. The first kappa shape index (κ1) is 21.5. The molecule has 1 saturated heterocycles. The average Bonchev–Trinajstić information content (AvgIpc) is 2.93. The van der Waals surface area contributed by atoms with Gasteiger partial charge in [-0.2, -0.15) is 9.40 Å². The van der Waals surface area contributed by atoms with Crippen LogP contribution in [-0.4, -0.2) is 47.5 Å². The molecule has 29 heavy (non-hydrogen) atoms. The van der Waals surface area contributed by atoms with Crippen molar-refractivity contribution < 1.29 is 17.9 Å². The summed E-state index contributed by atoms with van der Waals surface area (Å²) in [5.74, 6) is 0.233. The molecular formula is C21H29N3O4S. The molecule has 8 heteroatoms. The van der Waals surface area contributed by atoms with Crippen LogP contribution in [0.4, 0.5) is 0 Å². The van der Waals surface area contributed by atoms with E-state index in [4.69, 9.17) is 4.74 Å². The minimum absolute atomic E-state index is 0.0154. The zero-order valence-corrected chi connectivity index (χ0v) is 18.5. The van der Waals surface area contributed by atoms with Crippen LogP contribution in [0.5, 0.6) is 5.75 Å². The SMILES string of the molecule is Cc1nn(C)c(C)c1S(=O)(=O)N1CCCC(C(=O)c2cccc(OC(C)C)c2)C1. The van der Waals surface area contributed by atoms with E-state index < -0.39 is 10.0 Å². The molecule has 1 aromatic heterocycles. The van der Waals surface area contributed by atoms with Gasteiger partial charge in [-0.15, -0.1) is 0 Å². The van der Waals surface area contributed by atoms with E-state index in [1.165, 1.54) is 4.31 Å². The molecule has 2 heterocycles. The monoisotopic (exact) mass is 419 g/mol. The zero-order valence-electron chi connectivity index (χ0n) is 17.7. The summed E-state index contributed by atoms with van der Waals surface area (Å²) in [6, 6.07) is 7.12. The van der Waals surface area contributed by atoms with Crippen molar-refractivity contribution in [3.8, 4) is 5.75 Å². The second kappa shape index (κ2) is 8.28. The van der Waals surface area contributed by atoms with E-state index in [-0.39, 0.29) is 29.2 Å². The van der Waals surface area contributed by atoms with Crippen LogP contribution in [0.1, 0.15) is 48.4 Å². The van der Waals surface area contributed by atoms with E-state index in [0.29, 0.717) is 42.1 Å². The topological polar surface area (TPSA) is 81.5 Å². The Labute approximate surface area is 172 Å². The van der Waals surface area contributed by atoms with Gasteiger partial charge in [-0.05, 0) is 52.7 Å². The van der Waals surface area contributed by atoms with Gasteiger partial charge in [-0.1, -0.05) is 12.1 Å². The predicted molar refractivity (Wildman–Crippen MR) is 111 cm³/mol. The lowest BCUT2D eigenvalue weighted by molar-refractivity contribution is 0.0871. The van der Waals surface area contributed by atoms with Gasteiger partial charge in [0.2, 0.25) is 10.0 Å². The van der Waals surface area contributed by atoms with Gasteiger partial charge in [0.25, 0.3) is 0 Å². The number of piperidine rings is 1. The third kappa shape index (κ3) is 4.38. The Balaban J connectivity index is 1.83. The molecule has 0 N–H and O–H groups in total. The first-order valence-electron chi connectivity index (χ1n) is 9.92. The number of benzene rings is 1. The van der Waals surface area contributed by atoms with Crippen molar-refractivity contribution in [1.29, 1.82) is 0 Å². The number of carbonyl (C=O) groups excluding carboxylic acids is 1. The van der Waals surface area contributed by atoms with E-state index in [1.54, 1.807) is 43.8 Å². The minimum atomic E-state index is -3.70. The molecule has 1 atom stereocenters. The molecule has 2 aromatic rings. The van der Waals surface area contributed by atoms with E-state index in [1.807, 2.05) is 19.9 Å². The van der Waals surface area contributed by atoms with Crippen LogP contribution in [0, 0.1) is 19.8 Å². The molecule has 0 spiro atoms. The Morgan fingerprint density at radius 1 is 1.28 bits per heavy atom. The summed E-state index contributed by atoms with van der Waals surface area (Å²) < 4.78 is 35.2. The van der Waals surface area contributed by atoms with Crippen LogP contribution in [0.15, 0.2) is 29.2 Å². The Hall–Kier alpha value is -2.19. The fourth-order valence-corrected chi connectivity index (χ4v) is 5.79. The number of hydrogen-bond donors (Lipinski definition) is 0. The molecule has 1 fully saturated rings. The van der Waals surface area contributed by atoms with Crippen molar-refractivity contribution in [2.45, 2.75) is 51.5 Å². The van der Waals surface area contributed by atoms with E-state index in [2.05, 4.69) is 5.10 Å². The molecule has 1 aliphatic heterocycles. The van der Waals surface area contributed by atoms with E-state index in [9.17, 15) is 13.2 Å². The highest BCUT2D eigenvalue weighted by atomic mass is 32.2. The Kier molecular flexibility index (Phi) is 6.14. The number of ether oxygens (including phenoxy) is 1. The van der Waals surface area contributed by atoms with Gasteiger partial charge in [-0.25, -0.2) is 8.42 Å². The van der Waals surface area contributed by atoms with Gasteiger partial charge >= 0.3 is 0 Å². The minimum Gasteiger partial charge on any atom is -0.491 e. The fourth-order valence-electron chi connectivity index (χ4n) is 3.86. The summed E-state index contributed by atoms with van der Waals surface area (Å²) >= 11 is 0. The number of aromatic nitrogens is 2. The molecule has 7 nitrogen and oxygen atoms in total. The van der Waals surface area contributed by atoms with Crippen LogP contribution in [-0.2, 0) is 17.1 Å². The van der Waals surface area contributed by atoms with Gasteiger partial charge < -0.3 is 4.74 Å². The highest BCUT2D eigenvalue weighted by Crippen LogP contribution is 2.29. The Morgan fingerprint density at radius 2 is 2.00 bits per heavy atom. The molecule has 3 rings (SSSR count). The number of rotatable bonds is 6. The van der Waals surface area contributed by atoms with Gasteiger partial charge in [0, 0.05) is 31.6 Å². The maximum absolute atomic E-state index is 13.3. The molecule has 0 bridgehead atoms. The highest BCUT2D eigenvalue weighted by Gasteiger charge is 2.36. The molecule has 1 aliphatic rings. The molecule has 0 amide bonds. The van der Waals surface area contributed by atoms with Crippen molar-refractivity contribution in [3.63, 3.8) is 0 Å². The van der Waals surface area contributed by atoms with Crippen molar-refractivity contribution in [3.05, 3.63) is 41.2 Å². The average molecular weight is 420 g/mol. The maximum Gasteiger partial charge on any atom is 0.246 e. The second-order valence-electron chi connectivity index (χ2n) is 7.88. The van der Waals surface area contributed by atoms with Gasteiger partial charge in [0.05, 0.1) is 17.5 Å². The lowest BCUT2D eigenvalue weighted by atomic mass is 9.91. The Bertz CT molecular complexity index is 1010. The molecule has 1 unspecified atom stereocenters. The molecular weight excluding hydrogens is 390 g/mol. The first-order valence-corrected chi connectivity index (χ1v) is 11.4. The molecule has 1 aromatic carbocycles. The van der Waals surface area contributed by atoms with Crippen molar-refractivity contribution >= 4 is 15.8 Å². The number of Topliss-reactive ketones (excluding diaryl/α,β-unsaturated/α-hetero) is 1. The van der Waals surface area contributed by atoms with Crippen LogP contribution >= 0.6 is 0 Å². The van der Waals surface area contributed by atoms with Crippen LogP contribution < -0.4 is 4.74 Å². The summed E-state index contributed by atoms with van der Waals surface area (Å²) in [5.41, 5.74) is 1.65. The summed E-state index contributed by atoms with van der Waals surface area (Å²) in [5, 5.41) is 4.24. The summed E-state index contributed by atoms with van der Waals surface area (Å²) in [6.07, 6.45) is 1.34. The third-order valence-corrected chi connectivity index (χ3v) is 7.40. The number of carbonyl (C=O) groups is 1. The van der Waals surface area contributed by atoms with Gasteiger partial charge in [0.15, 0.2) is 5.78 Å².